The number of rotatable bonds is 6. The average molecular weight is 481 g/mol. The van der Waals surface area contributed by atoms with E-state index >= 15 is 0 Å². The Bertz CT molecular complexity index is 1410. The number of fused-ring (bicyclic) bond motifs is 3. The predicted octanol–water partition coefficient (Wildman–Crippen LogP) is 5.45. The van der Waals surface area contributed by atoms with E-state index in [0.29, 0.717) is 27.5 Å². The number of halogens is 1. The zero-order chi connectivity index (χ0) is 22.9. The highest BCUT2D eigenvalue weighted by atomic mass is 32.2. The van der Waals surface area contributed by atoms with Gasteiger partial charge in [-0.1, -0.05) is 17.8 Å². The lowest BCUT2D eigenvalue weighted by Crippen LogP contribution is -2.22. The predicted molar refractivity (Wildman–Crippen MR) is 130 cm³/mol. The Morgan fingerprint density at radius 2 is 1.97 bits per heavy atom. The fourth-order valence-electron chi connectivity index (χ4n) is 4.11. The molecule has 0 bridgehead atoms. The number of nitrogens with zero attached hydrogens (tertiary/aromatic N) is 2. The summed E-state index contributed by atoms with van der Waals surface area (Å²) in [5.41, 5.74) is 2.06. The fraction of sp³-hybridized carbons (Fsp3) is 0.240. The molecule has 0 aliphatic heterocycles. The van der Waals surface area contributed by atoms with Gasteiger partial charge in [0.05, 0.1) is 23.9 Å². The van der Waals surface area contributed by atoms with Gasteiger partial charge in [0.15, 0.2) is 10.9 Å². The summed E-state index contributed by atoms with van der Waals surface area (Å²) in [6.45, 7) is 0. The second-order valence-electron chi connectivity index (χ2n) is 7.85. The largest absolute Gasteiger partial charge is 0.497 e. The summed E-state index contributed by atoms with van der Waals surface area (Å²) in [5, 5.41) is 1.14. The van der Waals surface area contributed by atoms with Crippen LogP contribution >= 0.6 is 23.1 Å². The van der Waals surface area contributed by atoms with Crippen LogP contribution < -0.4 is 10.3 Å². The van der Waals surface area contributed by atoms with E-state index in [0.717, 1.165) is 36.1 Å². The highest BCUT2D eigenvalue weighted by Gasteiger charge is 2.23. The van der Waals surface area contributed by atoms with E-state index in [1.807, 2.05) is 18.2 Å². The molecule has 0 unspecified atom stereocenters. The van der Waals surface area contributed by atoms with E-state index in [1.54, 1.807) is 29.1 Å². The molecule has 0 saturated heterocycles. The molecule has 0 saturated carbocycles. The monoisotopic (exact) mass is 480 g/mol. The molecule has 0 spiro atoms. The summed E-state index contributed by atoms with van der Waals surface area (Å²) in [5.74, 6) is 0.167. The summed E-state index contributed by atoms with van der Waals surface area (Å²) in [6.07, 6.45) is 4.05. The molecule has 5 nitrogen and oxygen atoms in total. The number of methoxy groups -OCH3 is 1. The Morgan fingerprint density at radius 3 is 2.76 bits per heavy atom. The van der Waals surface area contributed by atoms with E-state index in [9.17, 15) is 14.0 Å². The Labute approximate surface area is 198 Å². The first kappa shape index (κ1) is 21.9. The van der Waals surface area contributed by atoms with Crippen molar-refractivity contribution in [1.29, 1.82) is 0 Å². The lowest BCUT2D eigenvalue weighted by molar-refractivity contribution is 0.102. The summed E-state index contributed by atoms with van der Waals surface area (Å²) in [7, 11) is 1.58. The second kappa shape index (κ2) is 9.11. The maximum atomic E-state index is 13.8. The molecule has 5 rings (SSSR count). The molecule has 1 aliphatic rings. The molecule has 2 heterocycles. The third-order valence-corrected chi connectivity index (χ3v) is 7.89. The number of thioether (sulfide) groups is 1. The standard InChI is InChI=1S/C25H21FN2O3S2/c1-31-18-6-4-5-17(13-18)28-24(30)22-19-7-2-3-8-21(19)33-23(22)27-25(28)32-14-20(29)15-9-11-16(26)12-10-15/h4-6,9-13H,2-3,7-8,14H2,1H3. The van der Waals surface area contributed by atoms with E-state index in [2.05, 4.69) is 0 Å². The third kappa shape index (κ3) is 4.20. The number of hydrogen-bond donors (Lipinski definition) is 0. The maximum Gasteiger partial charge on any atom is 0.267 e. The van der Waals surface area contributed by atoms with Crippen molar-refractivity contribution in [2.75, 3.05) is 12.9 Å². The number of aryl methyl sites for hydroxylation is 2. The van der Waals surface area contributed by atoms with Crippen molar-refractivity contribution in [3.63, 3.8) is 0 Å². The van der Waals surface area contributed by atoms with Gasteiger partial charge in [-0.15, -0.1) is 11.3 Å². The van der Waals surface area contributed by atoms with Crippen LogP contribution in [0.3, 0.4) is 0 Å². The molecular formula is C25H21FN2O3S2. The molecule has 33 heavy (non-hydrogen) atoms. The molecule has 2 aromatic heterocycles. The molecule has 0 fully saturated rings. The molecule has 0 atom stereocenters. The van der Waals surface area contributed by atoms with Crippen LogP contribution in [0.25, 0.3) is 15.9 Å². The van der Waals surface area contributed by atoms with Gasteiger partial charge in [0.2, 0.25) is 0 Å². The topological polar surface area (TPSA) is 61.2 Å². The minimum absolute atomic E-state index is 0.0820. The molecule has 2 aromatic carbocycles. The van der Waals surface area contributed by atoms with Crippen molar-refractivity contribution in [3.05, 3.63) is 80.7 Å². The number of benzene rings is 2. The van der Waals surface area contributed by atoms with Crippen LogP contribution in [0.5, 0.6) is 5.75 Å². The first-order valence-corrected chi connectivity index (χ1v) is 12.5. The van der Waals surface area contributed by atoms with Crippen molar-refractivity contribution in [3.8, 4) is 11.4 Å². The van der Waals surface area contributed by atoms with Gasteiger partial charge in [0.1, 0.15) is 16.4 Å². The minimum atomic E-state index is -0.389. The first-order chi connectivity index (χ1) is 16.0. The molecule has 0 radical (unpaired) electrons. The molecule has 8 heteroatoms. The van der Waals surface area contributed by atoms with Gasteiger partial charge < -0.3 is 4.74 Å². The average Bonchev–Trinajstić information content (AvgIpc) is 3.21. The number of Topliss-reactive ketones (excluding diaryl/α,β-unsaturated/α-hetero) is 1. The van der Waals surface area contributed by atoms with Crippen molar-refractivity contribution in [2.45, 2.75) is 30.8 Å². The third-order valence-electron chi connectivity index (χ3n) is 5.77. The smallest absolute Gasteiger partial charge is 0.267 e. The Hall–Kier alpha value is -2.97. The number of aromatic nitrogens is 2. The number of carbonyl (C=O) groups excluding carboxylic acids is 1. The fourth-order valence-corrected chi connectivity index (χ4v) is 6.32. The van der Waals surface area contributed by atoms with Crippen molar-refractivity contribution in [1.82, 2.24) is 9.55 Å². The number of ketones is 1. The zero-order valence-electron chi connectivity index (χ0n) is 18.0. The van der Waals surface area contributed by atoms with Crippen LogP contribution in [0.15, 0.2) is 58.5 Å². The number of thiophene rings is 1. The molecule has 4 aromatic rings. The van der Waals surface area contributed by atoms with Crippen molar-refractivity contribution in [2.24, 2.45) is 0 Å². The SMILES string of the molecule is COc1cccc(-n2c(SCC(=O)c3ccc(F)cc3)nc3sc4c(c3c2=O)CCCC4)c1. The van der Waals surface area contributed by atoms with E-state index in [1.165, 1.54) is 40.9 Å². The van der Waals surface area contributed by atoms with Gasteiger partial charge in [-0.3, -0.25) is 14.2 Å². The quantitative estimate of drug-likeness (QED) is 0.209. The van der Waals surface area contributed by atoms with Gasteiger partial charge >= 0.3 is 0 Å². The minimum Gasteiger partial charge on any atom is -0.497 e. The highest BCUT2D eigenvalue weighted by molar-refractivity contribution is 7.99. The Kier molecular flexibility index (Phi) is 6.03. The van der Waals surface area contributed by atoms with Crippen LogP contribution in [0.4, 0.5) is 4.39 Å². The van der Waals surface area contributed by atoms with Crippen LogP contribution in [-0.2, 0) is 12.8 Å². The van der Waals surface area contributed by atoms with Gasteiger partial charge in [0.25, 0.3) is 5.56 Å². The Balaban J connectivity index is 1.60. The molecule has 168 valence electrons. The number of carbonyl (C=O) groups is 1. The normalized spacial score (nSPS) is 13.2. The molecule has 0 amide bonds. The van der Waals surface area contributed by atoms with Crippen LogP contribution in [0, 0.1) is 5.82 Å². The number of hydrogen-bond acceptors (Lipinski definition) is 6. The second-order valence-corrected chi connectivity index (χ2v) is 9.87. The first-order valence-electron chi connectivity index (χ1n) is 10.7. The summed E-state index contributed by atoms with van der Waals surface area (Å²) >= 11 is 2.79. The van der Waals surface area contributed by atoms with Gasteiger partial charge in [-0.05, 0) is 67.6 Å². The zero-order valence-corrected chi connectivity index (χ0v) is 19.6. The molecule has 1 aliphatic carbocycles. The van der Waals surface area contributed by atoms with Crippen molar-refractivity contribution >= 4 is 39.1 Å². The van der Waals surface area contributed by atoms with E-state index in [4.69, 9.17) is 9.72 Å². The summed E-state index contributed by atoms with van der Waals surface area (Å²) in [6, 6.07) is 12.7. The van der Waals surface area contributed by atoms with Crippen molar-refractivity contribution < 1.29 is 13.9 Å². The van der Waals surface area contributed by atoms with Crippen LogP contribution in [-0.4, -0.2) is 28.2 Å². The maximum absolute atomic E-state index is 13.8. The summed E-state index contributed by atoms with van der Waals surface area (Å²) in [4.78, 5) is 33.3. The van der Waals surface area contributed by atoms with Crippen LogP contribution in [0.2, 0.25) is 0 Å². The lowest BCUT2D eigenvalue weighted by atomic mass is 9.97. The van der Waals surface area contributed by atoms with Gasteiger partial charge in [0, 0.05) is 16.5 Å². The highest BCUT2D eigenvalue weighted by Crippen LogP contribution is 2.35. The van der Waals surface area contributed by atoms with Gasteiger partial charge in [-0.2, -0.15) is 0 Å². The lowest BCUT2D eigenvalue weighted by Gasteiger charge is -2.14. The van der Waals surface area contributed by atoms with E-state index in [-0.39, 0.29) is 22.9 Å². The molecular weight excluding hydrogens is 459 g/mol. The number of ether oxygens (including phenoxy) is 1. The van der Waals surface area contributed by atoms with Gasteiger partial charge in [-0.25, -0.2) is 9.37 Å². The Morgan fingerprint density at radius 1 is 1.18 bits per heavy atom. The van der Waals surface area contributed by atoms with E-state index < -0.39 is 0 Å². The molecule has 0 N–H and O–H groups in total. The summed E-state index contributed by atoms with van der Waals surface area (Å²) < 4.78 is 20.2. The van der Waals surface area contributed by atoms with Crippen LogP contribution in [0.1, 0.15) is 33.6 Å².